The van der Waals surface area contributed by atoms with Crippen LogP contribution in [0.4, 0.5) is 0 Å². The fourth-order valence-corrected chi connectivity index (χ4v) is 9.93. The van der Waals surface area contributed by atoms with Crippen LogP contribution in [0.15, 0.2) is 85.1 Å². The molecule has 0 heterocycles. The summed E-state index contributed by atoms with van der Waals surface area (Å²) in [7, 11) is 0. The molecule has 1 atom stereocenters. The van der Waals surface area contributed by atoms with E-state index in [1.54, 1.807) is 0 Å². The maximum Gasteiger partial charge on any atom is 0.306 e. The van der Waals surface area contributed by atoms with E-state index in [0.717, 1.165) is 103 Å². The first-order valence-corrected chi connectivity index (χ1v) is 34.6. The summed E-state index contributed by atoms with van der Waals surface area (Å²) in [5.74, 6) is -0.879. The summed E-state index contributed by atoms with van der Waals surface area (Å²) < 4.78 is 16.9. The molecule has 0 aliphatic rings. The van der Waals surface area contributed by atoms with E-state index < -0.39 is 6.10 Å². The summed E-state index contributed by atoms with van der Waals surface area (Å²) in [6.07, 6.45) is 90.5. The normalized spacial score (nSPS) is 12.6. The fraction of sp³-hybridized carbons (Fsp3) is 0.770. The van der Waals surface area contributed by atoms with Crippen molar-refractivity contribution in [3.63, 3.8) is 0 Å². The van der Waals surface area contributed by atoms with Gasteiger partial charge in [0.2, 0.25) is 0 Å². The van der Waals surface area contributed by atoms with Crippen LogP contribution in [0.5, 0.6) is 0 Å². The van der Waals surface area contributed by atoms with Crippen LogP contribution >= 0.6 is 0 Å². The summed E-state index contributed by atoms with van der Waals surface area (Å²) in [6, 6.07) is 0. The Morgan fingerprint density at radius 2 is 0.487 bits per heavy atom. The van der Waals surface area contributed by atoms with Crippen LogP contribution < -0.4 is 0 Å². The summed E-state index contributed by atoms with van der Waals surface area (Å²) >= 11 is 0. The monoisotopic (exact) mass is 1110 g/mol. The van der Waals surface area contributed by atoms with E-state index in [2.05, 4.69) is 106 Å². The average molecular weight is 1120 g/mol. The van der Waals surface area contributed by atoms with Gasteiger partial charge in [0, 0.05) is 19.3 Å². The van der Waals surface area contributed by atoms with Gasteiger partial charge in [-0.15, -0.1) is 0 Å². The van der Waals surface area contributed by atoms with E-state index in [1.807, 2.05) is 0 Å². The molecule has 0 saturated carbocycles. The van der Waals surface area contributed by atoms with Crippen LogP contribution in [0.3, 0.4) is 0 Å². The molecular weight excluding hydrogens is 985 g/mol. The van der Waals surface area contributed by atoms with Crippen molar-refractivity contribution in [1.29, 1.82) is 0 Å². The molecule has 0 aliphatic carbocycles. The lowest BCUT2D eigenvalue weighted by atomic mass is 10.0. The van der Waals surface area contributed by atoms with Crippen LogP contribution in [0, 0.1) is 0 Å². The van der Waals surface area contributed by atoms with Crippen molar-refractivity contribution in [2.24, 2.45) is 0 Å². The second-order valence-corrected chi connectivity index (χ2v) is 23.1. The number of hydrogen-bond donors (Lipinski definition) is 0. The maximum absolute atomic E-state index is 12.9. The van der Waals surface area contributed by atoms with E-state index >= 15 is 0 Å². The Bertz CT molecular complexity index is 1520. The molecule has 0 N–H and O–H groups in total. The molecule has 6 heteroatoms. The van der Waals surface area contributed by atoms with Crippen molar-refractivity contribution in [2.75, 3.05) is 13.2 Å². The minimum Gasteiger partial charge on any atom is -0.462 e. The average Bonchev–Trinajstić information content (AvgIpc) is 3.46. The molecule has 1 unspecified atom stereocenters. The van der Waals surface area contributed by atoms with Gasteiger partial charge in [0.25, 0.3) is 0 Å². The van der Waals surface area contributed by atoms with Crippen LogP contribution in [0.1, 0.15) is 348 Å². The first-order chi connectivity index (χ1) is 39.5. The molecule has 6 nitrogen and oxygen atoms in total. The van der Waals surface area contributed by atoms with E-state index in [1.165, 1.54) is 205 Å². The Morgan fingerprint density at radius 3 is 0.775 bits per heavy atom. The summed E-state index contributed by atoms with van der Waals surface area (Å²) in [6.45, 7) is 6.50. The molecule has 0 saturated heterocycles. The molecule has 0 spiro atoms. The van der Waals surface area contributed by atoms with E-state index in [0.29, 0.717) is 19.3 Å². The van der Waals surface area contributed by atoms with E-state index in [-0.39, 0.29) is 31.1 Å². The van der Waals surface area contributed by atoms with Gasteiger partial charge in [-0.05, 0) is 116 Å². The summed E-state index contributed by atoms with van der Waals surface area (Å²) in [5, 5.41) is 0. The molecular formula is C74H130O6. The Labute approximate surface area is 496 Å². The first kappa shape index (κ1) is 76.6. The predicted molar refractivity (Wildman–Crippen MR) is 348 cm³/mol. The Balaban J connectivity index is 4.13. The number of rotatable bonds is 63. The Morgan fingerprint density at radius 1 is 0.263 bits per heavy atom. The Hall–Kier alpha value is -3.41. The zero-order valence-electron chi connectivity index (χ0n) is 53.1. The van der Waals surface area contributed by atoms with Crippen molar-refractivity contribution in [3.8, 4) is 0 Å². The maximum atomic E-state index is 12.9. The van der Waals surface area contributed by atoms with Crippen molar-refractivity contribution < 1.29 is 28.6 Å². The summed E-state index contributed by atoms with van der Waals surface area (Å²) in [4.78, 5) is 38.3. The van der Waals surface area contributed by atoms with Crippen LogP contribution in [-0.4, -0.2) is 37.2 Å². The van der Waals surface area contributed by atoms with Gasteiger partial charge in [-0.2, -0.15) is 0 Å². The number of carbonyl (C=O) groups excluding carboxylic acids is 3. The highest BCUT2D eigenvalue weighted by molar-refractivity contribution is 5.71. The van der Waals surface area contributed by atoms with Crippen molar-refractivity contribution >= 4 is 17.9 Å². The number of allylic oxidation sites excluding steroid dienone is 14. The lowest BCUT2D eigenvalue weighted by molar-refractivity contribution is -0.167. The van der Waals surface area contributed by atoms with Crippen molar-refractivity contribution in [2.45, 2.75) is 354 Å². The highest BCUT2D eigenvalue weighted by atomic mass is 16.6. The topological polar surface area (TPSA) is 78.9 Å². The van der Waals surface area contributed by atoms with E-state index in [4.69, 9.17) is 14.2 Å². The third kappa shape index (κ3) is 65.4. The third-order valence-electron chi connectivity index (χ3n) is 15.1. The lowest BCUT2D eigenvalue weighted by Crippen LogP contribution is -2.30. The molecule has 0 amide bonds. The zero-order valence-corrected chi connectivity index (χ0v) is 53.1. The SMILES string of the molecule is CC/C=C\C/C=C\C/C=C\C/C=C\CCCCCCCCCCCCCCCCCCCCCCC(=O)OCC(COC(=O)CCCCCCC/C=C\CCCCC)OC(=O)CCCCCCCCC/C=C\C/C=C\CCCCC. The van der Waals surface area contributed by atoms with Crippen molar-refractivity contribution in [1.82, 2.24) is 0 Å². The molecule has 0 radical (unpaired) electrons. The number of hydrogen-bond acceptors (Lipinski definition) is 6. The van der Waals surface area contributed by atoms with Gasteiger partial charge in [0.1, 0.15) is 13.2 Å². The van der Waals surface area contributed by atoms with E-state index in [9.17, 15) is 14.4 Å². The molecule has 0 aromatic heterocycles. The minimum absolute atomic E-state index is 0.0782. The van der Waals surface area contributed by atoms with Crippen LogP contribution in [0.25, 0.3) is 0 Å². The fourth-order valence-electron chi connectivity index (χ4n) is 9.93. The highest BCUT2D eigenvalue weighted by Gasteiger charge is 2.19. The molecule has 0 bridgehead atoms. The lowest BCUT2D eigenvalue weighted by Gasteiger charge is -2.18. The molecule has 80 heavy (non-hydrogen) atoms. The molecule has 0 aromatic rings. The minimum atomic E-state index is -0.782. The number of unbranched alkanes of at least 4 members (excludes halogenated alkanes) is 38. The van der Waals surface area contributed by atoms with Gasteiger partial charge in [-0.3, -0.25) is 14.4 Å². The van der Waals surface area contributed by atoms with Gasteiger partial charge in [-0.25, -0.2) is 0 Å². The van der Waals surface area contributed by atoms with Gasteiger partial charge >= 0.3 is 17.9 Å². The highest BCUT2D eigenvalue weighted by Crippen LogP contribution is 2.17. The van der Waals surface area contributed by atoms with Gasteiger partial charge in [0.15, 0.2) is 6.10 Å². The first-order valence-electron chi connectivity index (χ1n) is 34.6. The zero-order chi connectivity index (χ0) is 57.8. The molecule has 0 fully saturated rings. The molecule has 0 aliphatic heterocycles. The number of esters is 3. The second kappa shape index (κ2) is 68.1. The van der Waals surface area contributed by atoms with Crippen LogP contribution in [-0.2, 0) is 28.6 Å². The van der Waals surface area contributed by atoms with Crippen molar-refractivity contribution in [3.05, 3.63) is 85.1 Å². The van der Waals surface area contributed by atoms with Gasteiger partial charge in [-0.1, -0.05) is 298 Å². The Kier molecular flexibility index (Phi) is 65.2. The molecule has 0 rings (SSSR count). The molecule has 462 valence electrons. The van der Waals surface area contributed by atoms with Gasteiger partial charge in [0.05, 0.1) is 0 Å². The van der Waals surface area contributed by atoms with Gasteiger partial charge < -0.3 is 14.2 Å². The number of carbonyl (C=O) groups is 3. The van der Waals surface area contributed by atoms with Crippen LogP contribution in [0.2, 0.25) is 0 Å². The quantitative estimate of drug-likeness (QED) is 0.0261. The summed E-state index contributed by atoms with van der Waals surface area (Å²) in [5.41, 5.74) is 0. The standard InChI is InChI=1S/C74H130O6/c1-4-7-10-13-16-19-22-25-27-29-30-31-32-33-34-35-36-37-38-39-40-41-42-43-44-46-47-49-52-55-58-61-64-67-73(76)79-70-71(69-78-72(75)66-63-60-57-54-51-24-21-18-15-12-9-6-3)80-74(77)68-65-62-59-56-53-50-48-45-28-26-23-20-17-14-11-8-5-2/h7,10,16-21,25-28,30-31,71H,4-6,8-9,11-15,22-24,29,32-70H2,1-3H3/b10-7-,19-16-,20-17-,21-18-,27-25-,28-26-,31-30-. The molecule has 0 aromatic carbocycles. The third-order valence-corrected chi connectivity index (χ3v) is 15.1. The predicted octanol–water partition coefficient (Wildman–Crippen LogP) is 23.8. The second-order valence-electron chi connectivity index (χ2n) is 23.1. The number of ether oxygens (including phenoxy) is 3. The smallest absolute Gasteiger partial charge is 0.306 e. The largest absolute Gasteiger partial charge is 0.462 e.